The van der Waals surface area contributed by atoms with Crippen LogP contribution in [0.1, 0.15) is 55.8 Å². The highest BCUT2D eigenvalue weighted by atomic mass is 32.1. The van der Waals surface area contributed by atoms with Crippen molar-refractivity contribution in [3.8, 4) is 0 Å². The summed E-state index contributed by atoms with van der Waals surface area (Å²) in [6, 6.07) is 0.307. The minimum absolute atomic E-state index is 0.0819. The molecule has 2 N–H and O–H groups in total. The van der Waals surface area contributed by atoms with Crippen LogP contribution < -0.4 is 10.6 Å². The maximum Gasteiger partial charge on any atom is 0.282 e. The summed E-state index contributed by atoms with van der Waals surface area (Å²) in [5.41, 5.74) is 0. The summed E-state index contributed by atoms with van der Waals surface area (Å²) in [5, 5.41) is 15.2. The molecule has 0 bridgehead atoms. The van der Waals surface area contributed by atoms with Crippen LogP contribution >= 0.6 is 11.3 Å². The summed E-state index contributed by atoms with van der Waals surface area (Å²) in [7, 11) is 0. The van der Waals surface area contributed by atoms with E-state index in [9.17, 15) is 4.79 Å². The first-order valence-corrected chi connectivity index (χ1v) is 7.92. The van der Waals surface area contributed by atoms with Crippen molar-refractivity contribution in [2.75, 3.05) is 11.9 Å². The number of nitrogens with zero attached hydrogens (tertiary/aromatic N) is 2. The smallest absolute Gasteiger partial charge is 0.282 e. The van der Waals surface area contributed by atoms with Crippen LogP contribution in [0, 0.1) is 5.92 Å². The van der Waals surface area contributed by atoms with E-state index in [0.29, 0.717) is 16.2 Å². The number of aromatic nitrogens is 2. The van der Waals surface area contributed by atoms with Crippen molar-refractivity contribution in [3.63, 3.8) is 0 Å². The fraction of sp³-hybridized carbons (Fsp3) is 0.769. The van der Waals surface area contributed by atoms with Crippen LogP contribution in [0.4, 0.5) is 5.13 Å². The molecule has 1 saturated carbocycles. The molecule has 106 valence electrons. The Morgan fingerprint density at radius 1 is 1.26 bits per heavy atom. The van der Waals surface area contributed by atoms with Gasteiger partial charge >= 0.3 is 0 Å². The number of amides is 1. The molecule has 5 nitrogen and oxygen atoms in total. The highest BCUT2D eigenvalue weighted by Crippen LogP contribution is 2.26. The van der Waals surface area contributed by atoms with Gasteiger partial charge in [-0.25, -0.2) is 0 Å². The Hall–Kier alpha value is -1.17. The molecule has 0 aliphatic heterocycles. The van der Waals surface area contributed by atoms with Gasteiger partial charge in [-0.3, -0.25) is 4.79 Å². The molecule has 1 fully saturated rings. The van der Waals surface area contributed by atoms with Crippen LogP contribution in [0.5, 0.6) is 0 Å². The second-order valence-electron chi connectivity index (χ2n) is 5.04. The summed E-state index contributed by atoms with van der Waals surface area (Å²) in [4.78, 5) is 12.1. The molecule has 1 aromatic heterocycles. The number of rotatable bonds is 5. The predicted octanol–water partition coefficient (Wildman–Crippen LogP) is 2.67. The number of hydrogen-bond acceptors (Lipinski definition) is 5. The second-order valence-corrected chi connectivity index (χ2v) is 6.02. The number of anilines is 1. The molecule has 0 aromatic carbocycles. The topological polar surface area (TPSA) is 66.9 Å². The van der Waals surface area contributed by atoms with E-state index < -0.39 is 0 Å². The van der Waals surface area contributed by atoms with Crippen LogP contribution in [-0.2, 0) is 0 Å². The molecule has 6 heteroatoms. The molecule has 2 rings (SSSR count). The fourth-order valence-corrected chi connectivity index (χ4v) is 3.21. The summed E-state index contributed by atoms with van der Waals surface area (Å²) in [6.45, 7) is 5.03. The van der Waals surface area contributed by atoms with E-state index in [0.717, 1.165) is 25.3 Å². The highest BCUT2D eigenvalue weighted by molar-refractivity contribution is 7.17. The third kappa shape index (κ3) is 3.89. The Bertz CT molecular complexity index is 413. The van der Waals surface area contributed by atoms with Crippen molar-refractivity contribution in [3.05, 3.63) is 5.01 Å². The zero-order valence-corrected chi connectivity index (χ0v) is 12.4. The molecule has 1 aliphatic carbocycles. The van der Waals surface area contributed by atoms with Gasteiger partial charge in [-0.05, 0) is 38.5 Å². The Morgan fingerprint density at radius 2 is 2.00 bits per heavy atom. The lowest BCUT2D eigenvalue weighted by atomic mass is 9.84. The van der Waals surface area contributed by atoms with Crippen LogP contribution in [-0.4, -0.2) is 28.7 Å². The number of hydrogen-bond donors (Lipinski definition) is 2. The van der Waals surface area contributed by atoms with Crippen LogP contribution in [0.15, 0.2) is 0 Å². The summed E-state index contributed by atoms with van der Waals surface area (Å²) in [5.74, 6) is 0.761. The van der Waals surface area contributed by atoms with Crippen molar-refractivity contribution in [1.29, 1.82) is 0 Å². The largest absolute Gasteiger partial charge is 0.360 e. The van der Waals surface area contributed by atoms with Gasteiger partial charge in [0, 0.05) is 12.6 Å². The van der Waals surface area contributed by atoms with Crippen molar-refractivity contribution in [1.82, 2.24) is 15.5 Å². The summed E-state index contributed by atoms with van der Waals surface area (Å²) >= 11 is 1.31. The third-order valence-electron chi connectivity index (χ3n) is 3.71. The van der Waals surface area contributed by atoms with Gasteiger partial charge in [-0.1, -0.05) is 24.7 Å². The zero-order chi connectivity index (χ0) is 13.7. The SMILES string of the molecule is CCNc1nnc(C(=O)NC2CCC(CC)CC2)s1. The van der Waals surface area contributed by atoms with E-state index >= 15 is 0 Å². The lowest BCUT2D eigenvalue weighted by Gasteiger charge is -2.28. The average Bonchev–Trinajstić information content (AvgIpc) is 2.89. The molecular weight excluding hydrogens is 260 g/mol. The van der Waals surface area contributed by atoms with Crippen LogP contribution in [0.25, 0.3) is 0 Å². The van der Waals surface area contributed by atoms with E-state index in [1.54, 1.807) is 0 Å². The highest BCUT2D eigenvalue weighted by Gasteiger charge is 2.23. The molecule has 0 spiro atoms. The monoisotopic (exact) mass is 282 g/mol. The van der Waals surface area contributed by atoms with E-state index in [2.05, 4.69) is 27.8 Å². The van der Waals surface area contributed by atoms with Crippen molar-refractivity contribution in [2.45, 2.75) is 52.0 Å². The number of carbonyl (C=O) groups excluding carboxylic acids is 1. The molecule has 19 heavy (non-hydrogen) atoms. The van der Waals surface area contributed by atoms with E-state index in [1.165, 1.54) is 30.6 Å². The van der Waals surface area contributed by atoms with Gasteiger partial charge in [0.1, 0.15) is 0 Å². The van der Waals surface area contributed by atoms with Gasteiger partial charge in [0.25, 0.3) is 5.91 Å². The van der Waals surface area contributed by atoms with Crippen LogP contribution in [0.2, 0.25) is 0 Å². The van der Waals surface area contributed by atoms with Crippen LogP contribution in [0.3, 0.4) is 0 Å². The summed E-state index contributed by atoms with van der Waals surface area (Å²) < 4.78 is 0. The van der Waals surface area contributed by atoms with Gasteiger partial charge in [-0.15, -0.1) is 10.2 Å². The molecule has 0 radical (unpaired) electrons. The Balaban J connectivity index is 1.83. The standard InChI is InChI=1S/C13H22N4OS/c1-3-9-5-7-10(8-6-9)15-11(18)12-16-17-13(19-12)14-4-2/h9-10H,3-8H2,1-2H3,(H,14,17)(H,15,18). The minimum atomic E-state index is -0.0819. The maximum absolute atomic E-state index is 12.1. The Kier molecular flexibility index (Phi) is 5.13. The molecule has 0 atom stereocenters. The first-order valence-electron chi connectivity index (χ1n) is 7.11. The molecule has 0 saturated heterocycles. The number of nitrogens with one attached hydrogen (secondary N) is 2. The van der Waals surface area contributed by atoms with Gasteiger partial charge in [0.05, 0.1) is 0 Å². The molecule has 1 amide bonds. The van der Waals surface area contributed by atoms with E-state index in [-0.39, 0.29) is 5.91 Å². The minimum Gasteiger partial charge on any atom is -0.360 e. The average molecular weight is 282 g/mol. The summed E-state index contributed by atoms with van der Waals surface area (Å²) in [6.07, 6.45) is 5.87. The maximum atomic E-state index is 12.1. The first kappa shape index (κ1) is 14.2. The Labute approximate surface area is 118 Å². The molecule has 1 heterocycles. The molecule has 1 aromatic rings. The number of carbonyl (C=O) groups is 1. The lowest BCUT2D eigenvalue weighted by molar-refractivity contribution is 0.0920. The second kappa shape index (κ2) is 6.84. The van der Waals surface area contributed by atoms with E-state index in [1.807, 2.05) is 6.92 Å². The fourth-order valence-electron chi connectivity index (χ4n) is 2.50. The molecule has 0 unspecified atom stereocenters. The van der Waals surface area contributed by atoms with Crippen molar-refractivity contribution in [2.24, 2.45) is 5.92 Å². The molecule has 1 aliphatic rings. The Morgan fingerprint density at radius 3 is 2.63 bits per heavy atom. The van der Waals surface area contributed by atoms with E-state index in [4.69, 9.17) is 0 Å². The normalized spacial score (nSPS) is 23.1. The zero-order valence-electron chi connectivity index (χ0n) is 11.6. The first-order chi connectivity index (χ1) is 9.22. The third-order valence-corrected chi connectivity index (χ3v) is 4.59. The molecular formula is C13H22N4OS. The lowest BCUT2D eigenvalue weighted by Crippen LogP contribution is -2.37. The predicted molar refractivity (Wildman–Crippen MR) is 77.6 cm³/mol. The van der Waals surface area contributed by atoms with Gasteiger partial charge in [0.2, 0.25) is 10.1 Å². The quantitative estimate of drug-likeness (QED) is 0.871. The van der Waals surface area contributed by atoms with Crippen molar-refractivity contribution >= 4 is 22.4 Å². The van der Waals surface area contributed by atoms with Gasteiger partial charge in [-0.2, -0.15) is 0 Å². The van der Waals surface area contributed by atoms with Gasteiger partial charge in [0.15, 0.2) is 0 Å². The van der Waals surface area contributed by atoms with Crippen molar-refractivity contribution < 1.29 is 4.79 Å². The van der Waals surface area contributed by atoms with Gasteiger partial charge < -0.3 is 10.6 Å².